The minimum atomic E-state index is -2.11. The van der Waals surface area contributed by atoms with Crippen LogP contribution in [0.4, 0.5) is 8.78 Å². The van der Waals surface area contributed by atoms with Crippen LogP contribution in [-0.2, 0) is 16.1 Å². The average molecular weight is 367 g/mol. The molecule has 0 N–H and O–H groups in total. The average Bonchev–Trinajstić information content (AvgIpc) is 2.26. The maximum absolute atomic E-state index is 14.6. The van der Waals surface area contributed by atoms with Crippen molar-refractivity contribution in [2.45, 2.75) is 46.4 Å². The number of halogens is 3. The van der Waals surface area contributed by atoms with Gasteiger partial charge < -0.3 is 9.47 Å². The third-order valence-electron chi connectivity index (χ3n) is 2.88. The second-order valence-corrected chi connectivity index (χ2v) is 11.4. The van der Waals surface area contributed by atoms with Crippen molar-refractivity contribution in [3.63, 3.8) is 0 Å². The van der Waals surface area contributed by atoms with Crippen LogP contribution >= 0.6 is 15.9 Å². The first kappa shape index (κ1) is 17.7. The Hall–Kier alpha value is -0.303. The lowest BCUT2D eigenvalue weighted by Crippen LogP contribution is -2.43. The predicted octanol–water partition coefficient (Wildman–Crippen LogP) is 4.17. The van der Waals surface area contributed by atoms with E-state index in [1.165, 1.54) is 6.07 Å². The fraction of sp³-hybridized carbons (Fsp3) is 0.571. The van der Waals surface area contributed by atoms with Gasteiger partial charge in [-0.2, -0.15) is 0 Å². The number of hydrogen-bond acceptors (Lipinski definition) is 2. The Balaban J connectivity index is 3.08. The standard InChI is InChI=1S/C14H21BrF2O2Si/c1-6-18-9(2)19-8-10-11(15)7-12(16)14(13(10)17)20(3,4)5/h7,9H,6,8H2,1-5H3. The summed E-state index contributed by atoms with van der Waals surface area (Å²) in [5, 5.41) is 0.211. The molecule has 0 aliphatic heterocycles. The van der Waals surface area contributed by atoms with Gasteiger partial charge in [-0.15, -0.1) is 0 Å². The maximum atomic E-state index is 14.6. The molecule has 0 bridgehead atoms. The summed E-state index contributed by atoms with van der Waals surface area (Å²) >= 11 is 3.20. The summed E-state index contributed by atoms with van der Waals surface area (Å²) in [4.78, 5) is 0. The largest absolute Gasteiger partial charge is 0.353 e. The van der Waals surface area contributed by atoms with E-state index < -0.39 is 26.0 Å². The Morgan fingerprint density at radius 1 is 1.25 bits per heavy atom. The summed E-state index contributed by atoms with van der Waals surface area (Å²) in [5.41, 5.74) is 0.343. The van der Waals surface area contributed by atoms with E-state index >= 15 is 0 Å². The van der Waals surface area contributed by atoms with Crippen LogP contribution in [0.3, 0.4) is 0 Å². The van der Waals surface area contributed by atoms with Gasteiger partial charge in [0, 0.05) is 21.8 Å². The highest BCUT2D eigenvalue weighted by molar-refractivity contribution is 9.10. The van der Waals surface area contributed by atoms with Crippen LogP contribution < -0.4 is 5.19 Å². The Bertz CT molecular complexity index is 475. The van der Waals surface area contributed by atoms with Gasteiger partial charge in [0.2, 0.25) is 0 Å². The summed E-state index contributed by atoms with van der Waals surface area (Å²) in [6, 6.07) is 1.32. The van der Waals surface area contributed by atoms with E-state index in [9.17, 15) is 8.78 Å². The van der Waals surface area contributed by atoms with Crippen LogP contribution in [0.2, 0.25) is 19.6 Å². The monoisotopic (exact) mass is 366 g/mol. The van der Waals surface area contributed by atoms with Gasteiger partial charge >= 0.3 is 0 Å². The molecule has 20 heavy (non-hydrogen) atoms. The quantitative estimate of drug-likeness (QED) is 0.555. The fourth-order valence-corrected chi connectivity index (χ4v) is 4.02. The molecule has 0 aromatic heterocycles. The molecule has 1 unspecified atom stereocenters. The van der Waals surface area contributed by atoms with Gasteiger partial charge in [-0.1, -0.05) is 35.6 Å². The van der Waals surface area contributed by atoms with E-state index in [4.69, 9.17) is 9.47 Å². The van der Waals surface area contributed by atoms with Gasteiger partial charge in [-0.05, 0) is 19.9 Å². The first-order chi connectivity index (χ1) is 9.18. The molecule has 0 aliphatic carbocycles. The molecule has 1 atom stereocenters. The molecule has 1 aromatic rings. The Kier molecular flexibility index (Phi) is 6.31. The van der Waals surface area contributed by atoms with Crippen molar-refractivity contribution in [2.75, 3.05) is 6.61 Å². The first-order valence-electron chi connectivity index (χ1n) is 6.58. The van der Waals surface area contributed by atoms with Crippen molar-refractivity contribution in [1.82, 2.24) is 0 Å². The Morgan fingerprint density at radius 2 is 1.85 bits per heavy atom. The van der Waals surface area contributed by atoms with E-state index in [0.29, 0.717) is 16.6 Å². The molecule has 0 fully saturated rings. The van der Waals surface area contributed by atoms with Gasteiger partial charge in [-0.3, -0.25) is 0 Å². The van der Waals surface area contributed by atoms with Crippen molar-refractivity contribution in [3.05, 3.63) is 27.7 Å². The topological polar surface area (TPSA) is 18.5 Å². The van der Waals surface area contributed by atoms with Gasteiger partial charge in [0.15, 0.2) is 6.29 Å². The number of ether oxygens (including phenoxy) is 2. The molecule has 0 amide bonds. The summed E-state index contributed by atoms with van der Waals surface area (Å²) in [6.07, 6.45) is -0.424. The van der Waals surface area contributed by atoms with Crippen LogP contribution in [0.1, 0.15) is 19.4 Å². The minimum absolute atomic E-state index is 0.0470. The minimum Gasteiger partial charge on any atom is -0.353 e. The SMILES string of the molecule is CCOC(C)OCc1c(Br)cc(F)c([Si](C)(C)C)c1F. The number of rotatable bonds is 6. The summed E-state index contributed by atoms with van der Waals surface area (Å²) in [7, 11) is -2.11. The van der Waals surface area contributed by atoms with Gasteiger partial charge in [0.25, 0.3) is 0 Å². The molecular formula is C14H21BrF2O2Si. The van der Waals surface area contributed by atoms with Crippen molar-refractivity contribution >= 4 is 29.2 Å². The third kappa shape index (κ3) is 4.34. The maximum Gasteiger partial charge on any atom is 0.155 e. The second-order valence-electron chi connectivity index (χ2n) is 5.59. The molecular weight excluding hydrogens is 346 g/mol. The highest BCUT2D eigenvalue weighted by Crippen LogP contribution is 2.24. The zero-order valence-electron chi connectivity index (χ0n) is 12.5. The molecule has 0 radical (unpaired) electrons. The third-order valence-corrected chi connectivity index (χ3v) is 5.54. The molecule has 0 spiro atoms. The van der Waals surface area contributed by atoms with E-state index in [1.807, 2.05) is 26.6 Å². The smallest absolute Gasteiger partial charge is 0.155 e. The lowest BCUT2D eigenvalue weighted by Gasteiger charge is -2.22. The van der Waals surface area contributed by atoms with Crippen molar-refractivity contribution in [1.29, 1.82) is 0 Å². The predicted molar refractivity (Wildman–Crippen MR) is 82.9 cm³/mol. The van der Waals surface area contributed by atoms with Crippen LogP contribution in [0.15, 0.2) is 10.5 Å². The highest BCUT2D eigenvalue weighted by Gasteiger charge is 2.28. The Morgan fingerprint density at radius 3 is 2.35 bits per heavy atom. The first-order valence-corrected chi connectivity index (χ1v) is 10.9. The highest BCUT2D eigenvalue weighted by atomic mass is 79.9. The zero-order valence-corrected chi connectivity index (χ0v) is 15.1. The molecule has 1 aromatic carbocycles. The van der Waals surface area contributed by atoms with Crippen molar-refractivity contribution in [3.8, 4) is 0 Å². The van der Waals surface area contributed by atoms with Crippen molar-refractivity contribution in [2.24, 2.45) is 0 Å². The molecule has 0 saturated carbocycles. The van der Waals surface area contributed by atoms with E-state index in [0.717, 1.165) is 0 Å². The second kappa shape index (κ2) is 7.11. The van der Waals surface area contributed by atoms with Gasteiger partial charge in [-0.25, -0.2) is 8.78 Å². The molecule has 6 heteroatoms. The lowest BCUT2D eigenvalue weighted by molar-refractivity contribution is -0.134. The van der Waals surface area contributed by atoms with Crippen molar-refractivity contribution < 1.29 is 18.3 Å². The normalized spacial score (nSPS) is 13.6. The number of benzene rings is 1. The van der Waals surface area contributed by atoms with Gasteiger partial charge in [0.1, 0.15) is 11.6 Å². The van der Waals surface area contributed by atoms with E-state index in [1.54, 1.807) is 6.92 Å². The van der Waals surface area contributed by atoms with E-state index in [2.05, 4.69) is 15.9 Å². The fourth-order valence-electron chi connectivity index (χ4n) is 1.93. The molecule has 2 nitrogen and oxygen atoms in total. The zero-order chi connectivity index (χ0) is 15.5. The van der Waals surface area contributed by atoms with Crippen LogP contribution in [-0.4, -0.2) is 21.0 Å². The molecule has 1 rings (SSSR count). The lowest BCUT2D eigenvalue weighted by atomic mass is 10.2. The molecule has 0 saturated heterocycles. The Labute approximate surface area is 128 Å². The van der Waals surface area contributed by atoms with E-state index in [-0.39, 0.29) is 11.8 Å². The molecule has 0 aliphatic rings. The molecule has 0 heterocycles. The number of hydrogen-bond donors (Lipinski definition) is 0. The van der Waals surface area contributed by atoms with Crippen LogP contribution in [0, 0.1) is 11.6 Å². The van der Waals surface area contributed by atoms with Crippen LogP contribution in [0.5, 0.6) is 0 Å². The van der Waals surface area contributed by atoms with Gasteiger partial charge in [0.05, 0.1) is 14.7 Å². The summed E-state index contributed by atoms with van der Waals surface area (Å²) < 4.78 is 39.6. The van der Waals surface area contributed by atoms with Crippen LogP contribution in [0.25, 0.3) is 0 Å². The molecule has 114 valence electrons. The summed E-state index contributed by atoms with van der Waals surface area (Å²) in [5.74, 6) is -0.991. The summed E-state index contributed by atoms with van der Waals surface area (Å²) in [6.45, 7) is 9.91.